The van der Waals surface area contributed by atoms with Crippen molar-refractivity contribution in [3.63, 3.8) is 0 Å². The van der Waals surface area contributed by atoms with Gasteiger partial charge >= 0.3 is 0 Å². The molecule has 0 unspecified atom stereocenters. The standard InChI is InChI=1S/C16H22N2OS/c1-10-6-11(2)12(3)13(7-10)19-8-15-18-14(9-20-15)16(4,5)17/h6-7,9H,8,17H2,1-5H3. The summed E-state index contributed by atoms with van der Waals surface area (Å²) in [6.45, 7) is 10.7. The maximum absolute atomic E-state index is 6.04. The van der Waals surface area contributed by atoms with Gasteiger partial charge in [0.15, 0.2) is 0 Å². The largest absolute Gasteiger partial charge is 0.486 e. The molecule has 0 saturated heterocycles. The van der Waals surface area contributed by atoms with Gasteiger partial charge in [0.05, 0.1) is 11.2 Å². The zero-order chi connectivity index (χ0) is 14.9. The van der Waals surface area contributed by atoms with Crippen LogP contribution in [0.15, 0.2) is 17.5 Å². The third-order valence-corrected chi connectivity index (χ3v) is 4.15. The Hall–Kier alpha value is -1.39. The van der Waals surface area contributed by atoms with Crippen LogP contribution in [-0.2, 0) is 12.1 Å². The number of aromatic nitrogens is 1. The number of aryl methyl sites for hydroxylation is 2. The molecule has 1 aromatic heterocycles. The molecule has 0 fully saturated rings. The molecule has 4 heteroatoms. The molecule has 2 rings (SSSR count). The molecule has 1 heterocycles. The molecule has 1 aromatic carbocycles. The predicted molar refractivity (Wildman–Crippen MR) is 84.3 cm³/mol. The quantitative estimate of drug-likeness (QED) is 0.930. The van der Waals surface area contributed by atoms with Crippen LogP contribution in [0.5, 0.6) is 5.75 Å². The van der Waals surface area contributed by atoms with Crippen LogP contribution in [0.3, 0.4) is 0 Å². The van der Waals surface area contributed by atoms with Gasteiger partial charge < -0.3 is 10.5 Å². The molecule has 0 aliphatic carbocycles. The maximum atomic E-state index is 6.04. The lowest BCUT2D eigenvalue weighted by atomic mass is 10.0. The lowest BCUT2D eigenvalue weighted by Crippen LogP contribution is -2.29. The Balaban J connectivity index is 2.11. The molecule has 0 bridgehead atoms. The molecule has 20 heavy (non-hydrogen) atoms. The van der Waals surface area contributed by atoms with Gasteiger partial charge in [-0.15, -0.1) is 11.3 Å². The lowest BCUT2D eigenvalue weighted by Gasteiger charge is -2.14. The summed E-state index contributed by atoms with van der Waals surface area (Å²) in [6, 6.07) is 4.24. The number of ether oxygens (including phenoxy) is 1. The van der Waals surface area contributed by atoms with E-state index in [1.165, 1.54) is 16.7 Å². The van der Waals surface area contributed by atoms with Crippen molar-refractivity contribution in [3.05, 3.63) is 44.9 Å². The molecule has 0 saturated carbocycles. The van der Waals surface area contributed by atoms with E-state index in [0.717, 1.165) is 16.5 Å². The minimum atomic E-state index is -0.398. The van der Waals surface area contributed by atoms with Gasteiger partial charge in [-0.1, -0.05) is 6.07 Å². The highest BCUT2D eigenvalue weighted by Crippen LogP contribution is 2.25. The molecular weight excluding hydrogens is 268 g/mol. The highest BCUT2D eigenvalue weighted by molar-refractivity contribution is 7.09. The van der Waals surface area contributed by atoms with E-state index >= 15 is 0 Å². The van der Waals surface area contributed by atoms with Crippen molar-refractivity contribution in [1.82, 2.24) is 4.98 Å². The Labute approximate surface area is 124 Å². The number of hydrogen-bond acceptors (Lipinski definition) is 4. The fourth-order valence-corrected chi connectivity index (χ4v) is 2.85. The zero-order valence-electron chi connectivity index (χ0n) is 12.8. The van der Waals surface area contributed by atoms with Crippen molar-refractivity contribution in [2.75, 3.05) is 0 Å². The third-order valence-electron chi connectivity index (χ3n) is 3.33. The van der Waals surface area contributed by atoms with E-state index in [1.807, 2.05) is 19.2 Å². The number of nitrogens with zero attached hydrogens (tertiary/aromatic N) is 1. The molecule has 0 radical (unpaired) electrons. The van der Waals surface area contributed by atoms with Gasteiger partial charge in [0.2, 0.25) is 0 Å². The van der Waals surface area contributed by atoms with E-state index in [9.17, 15) is 0 Å². The summed E-state index contributed by atoms with van der Waals surface area (Å²) >= 11 is 1.59. The van der Waals surface area contributed by atoms with E-state index in [1.54, 1.807) is 11.3 Å². The molecule has 0 aliphatic heterocycles. The van der Waals surface area contributed by atoms with Crippen molar-refractivity contribution in [3.8, 4) is 5.75 Å². The van der Waals surface area contributed by atoms with Crippen LogP contribution >= 0.6 is 11.3 Å². The molecular formula is C16H22N2OS. The number of benzene rings is 1. The van der Waals surface area contributed by atoms with E-state index in [4.69, 9.17) is 10.5 Å². The average Bonchev–Trinajstić information content (AvgIpc) is 2.80. The van der Waals surface area contributed by atoms with E-state index < -0.39 is 5.54 Å². The second kappa shape index (κ2) is 5.54. The lowest BCUT2D eigenvalue weighted by molar-refractivity contribution is 0.302. The number of nitrogens with two attached hydrogens (primary N) is 1. The second-order valence-electron chi connectivity index (χ2n) is 5.84. The van der Waals surface area contributed by atoms with E-state index in [0.29, 0.717) is 6.61 Å². The Morgan fingerprint density at radius 1 is 1.25 bits per heavy atom. The molecule has 2 N–H and O–H groups in total. The summed E-state index contributed by atoms with van der Waals surface area (Å²) in [5.41, 5.74) is 10.2. The van der Waals surface area contributed by atoms with Crippen molar-refractivity contribution >= 4 is 11.3 Å². The Morgan fingerprint density at radius 2 is 1.95 bits per heavy atom. The smallest absolute Gasteiger partial charge is 0.140 e. The number of hydrogen-bond donors (Lipinski definition) is 1. The topological polar surface area (TPSA) is 48.1 Å². The van der Waals surface area contributed by atoms with Crippen molar-refractivity contribution in [2.45, 2.75) is 46.8 Å². The Bertz CT molecular complexity index is 611. The van der Waals surface area contributed by atoms with Crippen LogP contribution in [0, 0.1) is 20.8 Å². The molecule has 0 amide bonds. The van der Waals surface area contributed by atoms with Gasteiger partial charge in [0, 0.05) is 5.38 Å². The summed E-state index contributed by atoms with van der Waals surface area (Å²) in [5.74, 6) is 0.936. The van der Waals surface area contributed by atoms with Gasteiger partial charge in [0.25, 0.3) is 0 Å². The first-order valence-electron chi connectivity index (χ1n) is 6.72. The van der Waals surface area contributed by atoms with E-state index in [2.05, 4.69) is 37.9 Å². The Morgan fingerprint density at radius 3 is 2.55 bits per heavy atom. The molecule has 108 valence electrons. The van der Waals surface area contributed by atoms with Gasteiger partial charge in [-0.25, -0.2) is 4.98 Å². The number of thiazole rings is 1. The van der Waals surface area contributed by atoms with Gasteiger partial charge in [0.1, 0.15) is 17.4 Å². The first kappa shape index (κ1) is 15.0. The summed E-state index contributed by atoms with van der Waals surface area (Å²) in [7, 11) is 0. The van der Waals surface area contributed by atoms with Crippen LogP contribution < -0.4 is 10.5 Å². The molecule has 0 aliphatic rings. The highest BCUT2D eigenvalue weighted by Gasteiger charge is 2.18. The number of rotatable bonds is 4. The summed E-state index contributed by atoms with van der Waals surface area (Å²) < 4.78 is 5.92. The zero-order valence-corrected chi connectivity index (χ0v) is 13.6. The van der Waals surface area contributed by atoms with Crippen LogP contribution in [0.4, 0.5) is 0 Å². The molecule has 0 atom stereocenters. The predicted octanol–water partition coefficient (Wildman–Crippen LogP) is 3.84. The van der Waals surface area contributed by atoms with E-state index in [-0.39, 0.29) is 0 Å². The molecule has 2 aromatic rings. The summed E-state index contributed by atoms with van der Waals surface area (Å²) in [4.78, 5) is 4.54. The molecule has 0 spiro atoms. The van der Waals surface area contributed by atoms with Gasteiger partial charge in [-0.05, 0) is 57.4 Å². The van der Waals surface area contributed by atoms with Crippen LogP contribution in [0.25, 0.3) is 0 Å². The van der Waals surface area contributed by atoms with Gasteiger partial charge in [-0.3, -0.25) is 0 Å². The monoisotopic (exact) mass is 290 g/mol. The van der Waals surface area contributed by atoms with Crippen LogP contribution in [0.2, 0.25) is 0 Å². The Kier molecular flexibility index (Phi) is 4.16. The minimum Gasteiger partial charge on any atom is -0.486 e. The normalized spacial score (nSPS) is 11.7. The van der Waals surface area contributed by atoms with Crippen LogP contribution in [-0.4, -0.2) is 4.98 Å². The van der Waals surface area contributed by atoms with Crippen molar-refractivity contribution in [2.24, 2.45) is 5.73 Å². The molecule has 3 nitrogen and oxygen atoms in total. The highest BCUT2D eigenvalue weighted by atomic mass is 32.1. The fraction of sp³-hybridized carbons (Fsp3) is 0.438. The average molecular weight is 290 g/mol. The summed E-state index contributed by atoms with van der Waals surface area (Å²) in [5, 5.41) is 2.96. The SMILES string of the molecule is Cc1cc(C)c(C)c(OCc2nc(C(C)(C)N)cs2)c1. The first-order valence-corrected chi connectivity index (χ1v) is 7.60. The third kappa shape index (κ3) is 3.38. The maximum Gasteiger partial charge on any atom is 0.140 e. The second-order valence-corrected chi connectivity index (χ2v) is 6.78. The van der Waals surface area contributed by atoms with Crippen molar-refractivity contribution in [1.29, 1.82) is 0 Å². The van der Waals surface area contributed by atoms with Crippen LogP contribution in [0.1, 0.15) is 41.2 Å². The summed E-state index contributed by atoms with van der Waals surface area (Å²) in [6.07, 6.45) is 0. The van der Waals surface area contributed by atoms with Crippen molar-refractivity contribution < 1.29 is 4.74 Å². The fourth-order valence-electron chi connectivity index (χ4n) is 1.96. The van der Waals surface area contributed by atoms with Gasteiger partial charge in [-0.2, -0.15) is 0 Å². The first-order chi connectivity index (χ1) is 9.27. The minimum absolute atomic E-state index is 0.398.